The molecule has 2 nitrogen and oxygen atoms in total. The summed E-state index contributed by atoms with van der Waals surface area (Å²) in [5, 5.41) is 2.70. The maximum atomic E-state index is 13.2. The van der Waals surface area contributed by atoms with Crippen molar-refractivity contribution >= 4 is 23.2 Å². The van der Waals surface area contributed by atoms with Crippen molar-refractivity contribution in [1.29, 1.82) is 0 Å². The van der Waals surface area contributed by atoms with E-state index in [1.807, 2.05) is 0 Å². The minimum Gasteiger partial charge on any atom is -0.325 e. The molecular formula is C10H9ClFNO. The van der Waals surface area contributed by atoms with E-state index in [0.717, 1.165) is 0 Å². The van der Waals surface area contributed by atoms with Gasteiger partial charge in [0, 0.05) is 5.69 Å². The van der Waals surface area contributed by atoms with Crippen molar-refractivity contribution < 1.29 is 9.18 Å². The molecule has 0 aromatic heterocycles. The molecule has 0 aliphatic carbocycles. The van der Waals surface area contributed by atoms with Gasteiger partial charge >= 0.3 is 0 Å². The summed E-state index contributed by atoms with van der Waals surface area (Å²) >= 11 is 5.61. The van der Waals surface area contributed by atoms with Crippen LogP contribution in [0.4, 0.5) is 10.1 Å². The van der Waals surface area contributed by atoms with E-state index in [1.54, 1.807) is 13.8 Å². The lowest BCUT2D eigenvalue weighted by molar-refractivity contribution is -0.119. The number of hydrogen-bond acceptors (Lipinski definition) is 1. The first-order valence-corrected chi connectivity index (χ1v) is 4.61. The normalized spacial score (nSPS) is 17.9. The molecular weight excluding hydrogens is 205 g/mol. The van der Waals surface area contributed by atoms with E-state index in [2.05, 4.69) is 5.32 Å². The molecule has 2 rings (SSSR count). The van der Waals surface area contributed by atoms with E-state index in [1.165, 1.54) is 12.1 Å². The zero-order chi connectivity index (χ0) is 10.5. The van der Waals surface area contributed by atoms with Gasteiger partial charge in [0.1, 0.15) is 5.82 Å². The van der Waals surface area contributed by atoms with E-state index in [-0.39, 0.29) is 10.9 Å². The number of carbonyl (C=O) groups is 1. The third kappa shape index (κ3) is 1.12. The molecule has 4 heteroatoms. The lowest BCUT2D eigenvalue weighted by Gasteiger charge is -2.14. The van der Waals surface area contributed by atoms with E-state index in [0.29, 0.717) is 11.3 Å². The van der Waals surface area contributed by atoms with Crippen LogP contribution >= 0.6 is 11.6 Å². The molecule has 0 saturated carbocycles. The molecule has 1 aliphatic heterocycles. The van der Waals surface area contributed by atoms with Gasteiger partial charge in [0.15, 0.2) is 0 Å². The maximum Gasteiger partial charge on any atom is 0.234 e. The number of anilines is 1. The first-order valence-electron chi connectivity index (χ1n) is 4.24. The van der Waals surface area contributed by atoms with Crippen molar-refractivity contribution in [2.75, 3.05) is 5.32 Å². The van der Waals surface area contributed by atoms with Gasteiger partial charge in [-0.25, -0.2) is 4.39 Å². The molecule has 1 aliphatic rings. The fourth-order valence-corrected chi connectivity index (χ4v) is 1.73. The molecule has 0 bridgehead atoms. The molecule has 0 unspecified atom stereocenters. The molecule has 1 heterocycles. The van der Waals surface area contributed by atoms with E-state index < -0.39 is 11.2 Å². The molecule has 0 saturated heterocycles. The van der Waals surface area contributed by atoms with Crippen molar-refractivity contribution in [2.24, 2.45) is 0 Å². The van der Waals surface area contributed by atoms with Gasteiger partial charge in [0.2, 0.25) is 5.91 Å². The third-order valence-electron chi connectivity index (χ3n) is 2.55. The Bertz CT molecular complexity index is 428. The van der Waals surface area contributed by atoms with Crippen molar-refractivity contribution in [3.8, 4) is 0 Å². The Labute approximate surface area is 86.1 Å². The molecule has 14 heavy (non-hydrogen) atoms. The largest absolute Gasteiger partial charge is 0.325 e. The van der Waals surface area contributed by atoms with Crippen molar-refractivity contribution in [3.05, 3.63) is 28.5 Å². The number of rotatable bonds is 0. The first-order chi connectivity index (χ1) is 6.43. The van der Waals surface area contributed by atoms with Crippen molar-refractivity contribution in [1.82, 2.24) is 0 Å². The molecule has 0 atom stereocenters. The Morgan fingerprint density at radius 1 is 1.43 bits per heavy atom. The summed E-state index contributed by atoms with van der Waals surface area (Å²) in [6, 6.07) is 2.76. The lowest BCUT2D eigenvalue weighted by Crippen LogP contribution is -2.26. The number of amides is 1. The Kier molecular flexibility index (Phi) is 1.83. The van der Waals surface area contributed by atoms with Gasteiger partial charge in [-0.05, 0) is 31.5 Å². The second-order valence-electron chi connectivity index (χ2n) is 3.89. The second-order valence-corrected chi connectivity index (χ2v) is 4.30. The Hall–Kier alpha value is -1.09. The van der Waals surface area contributed by atoms with Crippen LogP contribution in [-0.2, 0) is 10.2 Å². The Balaban J connectivity index is 2.67. The monoisotopic (exact) mass is 213 g/mol. The highest BCUT2D eigenvalue weighted by Crippen LogP contribution is 2.39. The van der Waals surface area contributed by atoms with Gasteiger partial charge in [0.25, 0.3) is 0 Å². The molecule has 0 radical (unpaired) electrons. The fraction of sp³-hybridized carbons (Fsp3) is 0.300. The van der Waals surface area contributed by atoms with Crippen LogP contribution in [0.25, 0.3) is 0 Å². The minimum atomic E-state index is -0.680. The zero-order valence-electron chi connectivity index (χ0n) is 7.82. The summed E-state index contributed by atoms with van der Waals surface area (Å²) < 4.78 is 13.2. The van der Waals surface area contributed by atoms with E-state index in [4.69, 9.17) is 11.6 Å². The lowest BCUT2D eigenvalue weighted by atomic mass is 9.86. The van der Waals surface area contributed by atoms with Crippen LogP contribution in [0.15, 0.2) is 12.1 Å². The molecule has 0 fully saturated rings. The SMILES string of the molecule is CC1(C)C(=O)Nc2cc(Cl)c(F)cc21. The van der Waals surface area contributed by atoms with Crippen LogP contribution in [-0.4, -0.2) is 5.91 Å². The summed E-state index contributed by atoms with van der Waals surface area (Å²) in [4.78, 5) is 11.5. The highest BCUT2D eigenvalue weighted by Gasteiger charge is 2.38. The van der Waals surface area contributed by atoms with Crippen LogP contribution < -0.4 is 5.32 Å². The van der Waals surface area contributed by atoms with Crippen LogP contribution in [0.3, 0.4) is 0 Å². The van der Waals surface area contributed by atoms with Crippen LogP contribution in [0.1, 0.15) is 19.4 Å². The summed E-state index contributed by atoms with van der Waals surface area (Å²) in [6.45, 7) is 3.50. The second kappa shape index (κ2) is 2.70. The molecule has 74 valence electrons. The van der Waals surface area contributed by atoms with Gasteiger partial charge in [-0.15, -0.1) is 0 Å². The van der Waals surface area contributed by atoms with Gasteiger partial charge < -0.3 is 5.32 Å². The van der Waals surface area contributed by atoms with Gasteiger partial charge in [-0.2, -0.15) is 0 Å². The van der Waals surface area contributed by atoms with E-state index >= 15 is 0 Å². The van der Waals surface area contributed by atoms with Crippen molar-refractivity contribution in [2.45, 2.75) is 19.3 Å². The van der Waals surface area contributed by atoms with Crippen LogP contribution in [0.5, 0.6) is 0 Å². The Morgan fingerprint density at radius 3 is 2.71 bits per heavy atom. The molecule has 1 aromatic rings. The number of fused-ring (bicyclic) bond motifs is 1. The topological polar surface area (TPSA) is 29.1 Å². The predicted molar refractivity (Wildman–Crippen MR) is 53.1 cm³/mol. The van der Waals surface area contributed by atoms with Crippen LogP contribution in [0, 0.1) is 5.82 Å². The first kappa shape index (κ1) is 9.46. The van der Waals surface area contributed by atoms with Gasteiger partial charge in [-0.3, -0.25) is 4.79 Å². The average Bonchev–Trinajstić information content (AvgIpc) is 2.28. The zero-order valence-corrected chi connectivity index (χ0v) is 8.57. The maximum absolute atomic E-state index is 13.2. The quantitative estimate of drug-likeness (QED) is 0.706. The van der Waals surface area contributed by atoms with E-state index in [9.17, 15) is 9.18 Å². The molecule has 0 spiro atoms. The summed E-state index contributed by atoms with van der Waals surface area (Å²) in [6.07, 6.45) is 0. The highest BCUT2D eigenvalue weighted by atomic mass is 35.5. The molecule has 1 aromatic carbocycles. The fourth-order valence-electron chi connectivity index (χ4n) is 1.57. The smallest absolute Gasteiger partial charge is 0.234 e. The third-order valence-corrected chi connectivity index (χ3v) is 2.84. The predicted octanol–water partition coefficient (Wildman–Crippen LogP) is 2.71. The van der Waals surface area contributed by atoms with Crippen LogP contribution in [0.2, 0.25) is 5.02 Å². The Morgan fingerprint density at radius 2 is 2.07 bits per heavy atom. The summed E-state index contributed by atoms with van der Waals surface area (Å²) in [5.41, 5.74) is 0.580. The number of nitrogens with one attached hydrogen (secondary N) is 1. The van der Waals surface area contributed by atoms with Gasteiger partial charge in [-0.1, -0.05) is 11.6 Å². The summed E-state index contributed by atoms with van der Waals surface area (Å²) in [7, 11) is 0. The number of hydrogen-bond donors (Lipinski definition) is 1. The number of benzene rings is 1. The van der Waals surface area contributed by atoms with Gasteiger partial charge in [0.05, 0.1) is 10.4 Å². The molecule has 1 N–H and O–H groups in total. The number of halogens is 2. The average molecular weight is 214 g/mol. The highest BCUT2D eigenvalue weighted by molar-refractivity contribution is 6.31. The molecule has 1 amide bonds. The summed E-state index contributed by atoms with van der Waals surface area (Å²) in [5.74, 6) is -0.621. The minimum absolute atomic E-state index is 0.0294. The standard InChI is InChI=1S/C10H9ClFNO/c1-10(2)5-3-7(12)6(11)4-8(5)13-9(10)14/h3-4H,1-2H3,(H,13,14). The van der Waals surface area contributed by atoms with Crippen molar-refractivity contribution in [3.63, 3.8) is 0 Å². The number of carbonyl (C=O) groups excluding carboxylic acids is 1.